The summed E-state index contributed by atoms with van der Waals surface area (Å²) >= 11 is 0. The molecule has 0 unspecified atom stereocenters. The second-order valence-electron chi connectivity index (χ2n) is 6.81. The van der Waals surface area contributed by atoms with Gasteiger partial charge in [-0.15, -0.1) is 5.10 Å². The number of benzene rings is 2. The zero-order chi connectivity index (χ0) is 19.0. The molecule has 2 heterocycles. The van der Waals surface area contributed by atoms with Gasteiger partial charge in [-0.1, -0.05) is 59.7 Å². The first-order valence-corrected chi connectivity index (χ1v) is 8.86. The van der Waals surface area contributed by atoms with Crippen LogP contribution in [0.1, 0.15) is 35.2 Å². The molecule has 6 heteroatoms. The zero-order valence-electron chi connectivity index (χ0n) is 15.5. The maximum Gasteiger partial charge on any atom is 0.250 e. The lowest BCUT2D eigenvalue weighted by Crippen LogP contribution is -2.20. The van der Waals surface area contributed by atoms with Crippen molar-refractivity contribution in [2.75, 3.05) is 10.6 Å². The number of carbonyl (C=O) groups excluding carboxylic acids is 1. The average Bonchev–Trinajstić information content (AvgIpc) is 3.03. The van der Waals surface area contributed by atoms with Gasteiger partial charge in [0.2, 0.25) is 11.9 Å². The van der Waals surface area contributed by atoms with Crippen LogP contribution < -0.4 is 10.6 Å². The molecule has 27 heavy (non-hydrogen) atoms. The third-order valence-corrected chi connectivity index (χ3v) is 4.54. The molecule has 0 saturated heterocycles. The number of aryl methyl sites for hydroxylation is 2. The molecule has 6 nitrogen and oxygen atoms in total. The van der Waals surface area contributed by atoms with E-state index >= 15 is 0 Å². The summed E-state index contributed by atoms with van der Waals surface area (Å²) in [5.74, 6) is 0.694. The number of hydrogen-bond donors (Lipinski definition) is 2. The molecule has 1 aromatic heterocycles. The van der Waals surface area contributed by atoms with Crippen LogP contribution >= 0.6 is 0 Å². The maximum absolute atomic E-state index is 11.4. The number of hydrogen-bond acceptors (Lipinski definition) is 4. The number of nitrogens with zero attached hydrogens (tertiary/aromatic N) is 3. The van der Waals surface area contributed by atoms with Crippen molar-refractivity contribution in [3.05, 3.63) is 76.9 Å². The Labute approximate surface area is 157 Å². The highest BCUT2D eigenvalue weighted by Crippen LogP contribution is 2.33. The highest BCUT2D eigenvalue weighted by atomic mass is 16.1. The van der Waals surface area contributed by atoms with Crippen molar-refractivity contribution in [2.45, 2.75) is 26.8 Å². The van der Waals surface area contributed by atoms with Gasteiger partial charge in [-0.2, -0.15) is 4.98 Å². The molecule has 0 fully saturated rings. The smallest absolute Gasteiger partial charge is 0.250 e. The second kappa shape index (κ2) is 6.72. The molecule has 0 radical (unpaired) electrons. The Morgan fingerprint density at radius 1 is 1.04 bits per heavy atom. The normalized spacial score (nSPS) is 15.5. The molecular formula is C21H21N5O. The van der Waals surface area contributed by atoms with Crippen LogP contribution in [-0.2, 0) is 4.79 Å². The third kappa shape index (κ3) is 3.46. The van der Waals surface area contributed by atoms with Gasteiger partial charge in [0.25, 0.3) is 5.95 Å². The molecular weight excluding hydrogens is 338 g/mol. The summed E-state index contributed by atoms with van der Waals surface area (Å²) in [5, 5.41) is 10.5. The average molecular weight is 359 g/mol. The van der Waals surface area contributed by atoms with E-state index in [0.717, 1.165) is 16.8 Å². The molecule has 2 N–H and O–H groups in total. The predicted molar refractivity (Wildman–Crippen MR) is 106 cm³/mol. The summed E-state index contributed by atoms with van der Waals surface area (Å²) in [7, 11) is 0. The molecule has 0 bridgehead atoms. The van der Waals surface area contributed by atoms with E-state index < -0.39 is 0 Å². The zero-order valence-corrected chi connectivity index (χ0v) is 15.5. The highest BCUT2D eigenvalue weighted by molar-refractivity contribution is 5.87. The fraction of sp³-hybridized carbons (Fsp3) is 0.190. The Morgan fingerprint density at radius 2 is 1.67 bits per heavy atom. The minimum atomic E-state index is -0.198. The van der Waals surface area contributed by atoms with E-state index in [0.29, 0.717) is 11.9 Å². The van der Waals surface area contributed by atoms with Crippen molar-refractivity contribution < 1.29 is 4.79 Å². The first-order chi connectivity index (χ1) is 13.0. The SMILES string of the molecule is CC(=O)Nc1nc2n(n1)[C@@H](c1ccc(C)cc1)C=C(c1ccc(C)cc1)N2. The van der Waals surface area contributed by atoms with E-state index in [1.165, 1.54) is 18.1 Å². The fourth-order valence-electron chi connectivity index (χ4n) is 3.11. The van der Waals surface area contributed by atoms with Crippen LogP contribution in [0.5, 0.6) is 0 Å². The predicted octanol–water partition coefficient (Wildman–Crippen LogP) is 3.91. The molecule has 0 spiro atoms. The molecule has 3 aromatic rings. The number of nitrogens with one attached hydrogen (secondary N) is 2. The Balaban J connectivity index is 1.79. The summed E-state index contributed by atoms with van der Waals surface area (Å²) in [6.45, 7) is 5.58. The lowest BCUT2D eigenvalue weighted by molar-refractivity contribution is -0.114. The fourth-order valence-corrected chi connectivity index (χ4v) is 3.11. The minimum absolute atomic E-state index is 0.117. The molecule has 1 aliphatic heterocycles. The van der Waals surface area contributed by atoms with Crippen LogP contribution in [0.15, 0.2) is 54.6 Å². The first-order valence-electron chi connectivity index (χ1n) is 8.86. The van der Waals surface area contributed by atoms with Crippen LogP contribution in [0, 0.1) is 13.8 Å². The van der Waals surface area contributed by atoms with Crippen molar-refractivity contribution in [1.82, 2.24) is 14.8 Å². The van der Waals surface area contributed by atoms with Crippen molar-refractivity contribution in [3.8, 4) is 0 Å². The van der Waals surface area contributed by atoms with Crippen LogP contribution in [0.3, 0.4) is 0 Å². The lowest BCUT2D eigenvalue weighted by atomic mass is 10.0. The van der Waals surface area contributed by atoms with Gasteiger partial charge in [-0.3, -0.25) is 10.1 Å². The van der Waals surface area contributed by atoms with Gasteiger partial charge in [0.15, 0.2) is 0 Å². The number of amides is 1. The monoisotopic (exact) mass is 359 g/mol. The van der Waals surface area contributed by atoms with Gasteiger partial charge < -0.3 is 5.32 Å². The molecule has 0 saturated carbocycles. The number of allylic oxidation sites excluding steroid dienone is 1. The summed E-state index contributed by atoms with van der Waals surface area (Å²) in [6, 6.07) is 16.6. The van der Waals surface area contributed by atoms with E-state index in [9.17, 15) is 4.79 Å². The minimum Gasteiger partial charge on any atom is -0.324 e. The van der Waals surface area contributed by atoms with Crippen LogP contribution in [0.4, 0.5) is 11.9 Å². The molecule has 1 amide bonds. The summed E-state index contributed by atoms with van der Waals surface area (Å²) in [4.78, 5) is 15.8. The van der Waals surface area contributed by atoms with Crippen LogP contribution in [0.25, 0.3) is 5.70 Å². The van der Waals surface area contributed by atoms with Gasteiger partial charge in [0, 0.05) is 12.6 Å². The summed E-state index contributed by atoms with van der Waals surface area (Å²) in [5.41, 5.74) is 5.56. The van der Waals surface area contributed by atoms with Crippen molar-refractivity contribution in [2.24, 2.45) is 0 Å². The van der Waals surface area contributed by atoms with E-state index in [1.54, 1.807) is 4.68 Å². The lowest BCUT2D eigenvalue weighted by Gasteiger charge is -2.24. The number of aromatic nitrogens is 3. The summed E-state index contributed by atoms with van der Waals surface area (Å²) < 4.78 is 1.80. The second-order valence-corrected chi connectivity index (χ2v) is 6.81. The Bertz CT molecular complexity index is 1020. The van der Waals surface area contributed by atoms with Crippen LogP contribution in [0.2, 0.25) is 0 Å². The van der Waals surface area contributed by atoms with Crippen LogP contribution in [-0.4, -0.2) is 20.7 Å². The van der Waals surface area contributed by atoms with E-state index in [2.05, 4.69) is 89.2 Å². The molecule has 136 valence electrons. The van der Waals surface area contributed by atoms with Gasteiger partial charge >= 0.3 is 0 Å². The largest absolute Gasteiger partial charge is 0.324 e. The number of rotatable bonds is 3. The molecule has 4 rings (SSSR count). The summed E-state index contributed by atoms with van der Waals surface area (Å²) in [6.07, 6.45) is 2.13. The maximum atomic E-state index is 11.4. The molecule has 1 aliphatic rings. The van der Waals surface area contributed by atoms with E-state index in [4.69, 9.17) is 0 Å². The molecule has 0 aliphatic carbocycles. The van der Waals surface area contributed by atoms with Crippen molar-refractivity contribution in [3.63, 3.8) is 0 Å². The molecule has 2 aromatic carbocycles. The van der Waals surface area contributed by atoms with E-state index in [-0.39, 0.29) is 11.9 Å². The number of carbonyl (C=O) groups is 1. The highest BCUT2D eigenvalue weighted by Gasteiger charge is 2.25. The van der Waals surface area contributed by atoms with Crippen molar-refractivity contribution in [1.29, 1.82) is 0 Å². The standard InChI is InChI=1S/C21H21N5O/c1-13-4-8-16(9-5-13)18-12-19(17-10-6-14(2)7-11-17)26-21(23-18)24-20(25-26)22-15(3)27/h4-12,19H,1-3H3,(H2,22,23,24,25,27)/t19-/m1/s1. The van der Waals surface area contributed by atoms with Gasteiger partial charge in [0.05, 0.1) is 0 Å². The van der Waals surface area contributed by atoms with Crippen molar-refractivity contribution >= 4 is 23.5 Å². The van der Waals surface area contributed by atoms with Gasteiger partial charge in [-0.25, -0.2) is 4.68 Å². The third-order valence-electron chi connectivity index (χ3n) is 4.54. The topological polar surface area (TPSA) is 71.8 Å². The number of anilines is 2. The first kappa shape index (κ1) is 17.0. The number of fused-ring (bicyclic) bond motifs is 1. The Kier molecular flexibility index (Phi) is 4.24. The Morgan fingerprint density at radius 3 is 2.30 bits per heavy atom. The Hall–Kier alpha value is -3.41. The van der Waals surface area contributed by atoms with E-state index in [1.807, 2.05) is 0 Å². The quantitative estimate of drug-likeness (QED) is 0.744. The van der Waals surface area contributed by atoms with Gasteiger partial charge in [0.1, 0.15) is 6.04 Å². The molecule has 1 atom stereocenters. The van der Waals surface area contributed by atoms with Gasteiger partial charge in [-0.05, 0) is 31.1 Å².